The van der Waals surface area contributed by atoms with Crippen molar-refractivity contribution in [2.75, 3.05) is 18.4 Å². The quantitative estimate of drug-likeness (QED) is 0.924. The molecule has 7 heteroatoms. The normalized spacial score (nSPS) is 20.9. The number of benzene rings is 1. The maximum Gasteiger partial charge on any atom is 0.254 e. The Morgan fingerprint density at radius 2 is 1.92 bits per heavy atom. The van der Waals surface area contributed by atoms with Gasteiger partial charge in [0.05, 0.1) is 18.8 Å². The summed E-state index contributed by atoms with van der Waals surface area (Å²) in [6.45, 7) is 5.85. The molecule has 1 N–H and O–H groups in total. The third-order valence-corrected chi connectivity index (χ3v) is 4.09. The smallest absolute Gasteiger partial charge is 0.254 e. The Kier molecular flexibility index (Phi) is 4.80. The van der Waals surface area contributed by atoms with Crippen LogP contribution >= 0.6 is 0 Å². The van der Waals surface area contributed by atoms with Gasteiger partial charge in [0.15, 0.2) is 5.82 Å². The van der Waals surface area contributed by atoms with Crippen molar-refractivity contribution >= 4 is 11.6 Å². The molecule has 1 aromatic carbocycles. The molecule has 0 saturated carbocycles. The van der Waals surface area contributed by atoms with Gasteiger partial charge in [0.1, 0.15) is 6.33 Å². The standard InChI is InChI=1S/C17H23N5O2/c1-12-9-22(10-13(2)24-12)17(23)14-4-6-15(7-5-14)18-8-16-20-19-11-21(16)3/h4-7,11-13,18H,8-10H2,1-3H3/t12-,13-/m0/s1. The molecule has 0 spiro atoms. The molecule has 3 rings (SSSR count). The van der Waals surface area contributed by atoms with E-state index in [0.717, 1.165) is 11.5 Å². The minimum atomic E-state index is 0.0526. The molecule has 1 saturated heterocycles. The topological polar surface area (TPSA) is 72.3 Å². The fourth-order valence-electron chi connectivity index (χ4n) is 2.91. The van der Waals surface area contributed by atoms with E-state index in [2.05, 4.69) is 15.5 Å². The van der Waals surface area contributed by atoms with E-state index >= 15 is 0 Å². The highest BCUT2D eigenvalue weighted by Crippen LogP contribution is 2.16. The van der Waals surface area contributed by atoms with Gasteiger partial charge in [-0.2, -0.15) is 0 Å². The zero-order chi connectivity index (χ0) is 17.1. The van der Waals surface area contributed by atoms with Crippen LogP contribution in [0.2, 0.25) is 0 Å². The molecule has 1 aromatic heterocycles. The summed E-state index contributed by atoms with van der Waals surface area (Å²) < 4.78 is 7.55. The Labute approximate surface area is 141 Å². The number of ether oxygens (including phenoxy) is 1. The molecule has 7 nitrogen and oxygen atoms in total. The highest BCUT2D eigenvalue weighted by molar-refractivity contribution is 5.94. The van der Waals surface area contributed by atoms with Crippen LogP contribution in [0, 0.1) is 0 Å². The van der Waals surface area contributed by atoms with E-state index in [0.29, 0.717) is 25.2 Å². The van der Waals surface area contributed by atoms with Gasteiger partial charge in [0.25, 0.3) is 5.91 Å². The molecular weight excluding hydrogens is 306 g/mol. The summed E-state index contributed by atoms with van der Waals surface area (Å²) in [5, 5.41) is 11.2. The minimum absolute atomic E-state index is 0.0526. The lowest BCUT2D eigenvalue weighted by Crippen LogP contribution is -2.48. The van der Waals surface area contributed by atoms with Crippen LogP contribution in [-0.4, -0.2) is 50.9 Å². The van der Waals surface area contributed by atoms with E-state index in [1.165, 1.54) is 0 Å². The molecular formula is C17H23N5O2. The van der Waals surface area contributed by atoms with Gasteiger partial charge in [-0.15, -0.1) is 10.2 Å². The highest BCUT2D eigenvalue weighted by Gasteiger charge is 2.26. The van der Waals surface area contributed by atoms with Crippen molar-refractivity contribution in [2.45, 2.75) is 32.6 Å². The van der Waals surface area contributed by atoms with Crippen LogP contribution in [0.5, 0.6) is 0 Å². The summed E-state index contributed by atoms with van der Waals surface area (Å²) in [6, 6.07) is 7.53. The van der Waals surface area contributed by atoms with Crippen molar-refractivity contribution in [3.63, 3.8) is 0 Å². The van der Waals surface area contributed by atoms with Crippen LogP contribution in [0.4, 0.5) is 5.69 Å². The summed E-state index contributed by atoms with van der Waals surface area (Å²) in [6.07, 6.45) is 1.82. The average molecular weight is 329 g/mol. The van der Waals surface area contributed by atoms with Crippen molar-refractivity contribution < 1.29 is 9.53 Å². The number of carbonyl (C=O) groups is 1. The second-order valence-corrected chi connectivity index (χ2v) is 6.26. The first kappa shape index (κ1) is 16.4. The van der Waals surface area contributed by atoms with Gasteiger partial charge in [0.2, 0.25) is 0 Å². The van der Waals surface area contributed by atoms with Gasteiger partial charge in [0, 0.05) is 31.4 Å². The number of hydrogen-bond donors (Lipinski definition) is 1. The molecule has 0 unspecified atom stereocenters. The Balaban J connectivity index is 1.61. The van der Waals surface area contributed by atoms with Gasteiger partial charge in [-0.25, -0.2) is 0 Å². The van der Waals surface area contributed by atoms with Crippen molar-refractivity contribution in [2.24, 2.45) is 7.05 Å². The minimum Gasteiger partial charge on any atom is -0.378 e. The maximum absolute atomic E-state index is 12.6. The van der Waals surface area contributed by atoms with Crippen molar-refractivity contribution in [1.29, 1.82) is 0 Å². The van der Waals surface area contributed by atoms with Gasteiger partial charge in [-0.1, -0.05) is 0 Å². The summed E-state index contributed by atoms with van der Waals surface area (Å²) in [4.78, 5) is 14.5. The van der Waals surface area contributed by atoms with Crippen LogP contribution in [-0.2, 0) is 18.3 Å². The van der Waals surface area contributed by atoms with E-state index in [1.807, 2.05) is 54.6 Å². The molecule has 128 valence electrons. The third-order valence-electron chi connectivity index (χ3n) is 4.09. The van der Waals surface area contributed by atoms with Crippen molar-refractivity contribution in [1.82, 2.24) is 19.7 Å². The summed E-state index contributed by atoms with van der Waals surface area (Å²) in [5.41, 5.74) is 1.64. The number of morpholine rings is 1. The third kappa shape index (κ3) is 3.73. The predicted octanol–water partition coefficient (Wildman–Crippen LogP) is 1.68. The van der Waals surface area contributed by atoms with Crippen LogP contribution in [0.3, 0.4) is 0 Å². The molecule has 0 aliphatic carbocycles. The Morgan fingerprint density at radius 1 is 1.25 bits per heavy atom. The van der Waals surface area contributed by atoms with Crippen LogP contribution in [0.1, 0.15) is 30.0 Å². The molecule has 24 heavy (non-hydrogen) atoms. The second kappa shape index (κ2) is 7.00. The molecule has 1 fully saturated rings. The summed E-state index contributed by atoms with van der Waals surface area (Å²) in [7, 11) is 1.91. The van der Waals surface area contributed by atoms with Crippen LogP contribution in [0.25, 0.3) is 0 Å². The molecule has 1 amide bonds. The Bertz CT molecular complexity index is 687. The lowest BCUT2D eigenvalue weighted by molar-refractivity contribution is -0.0586. The Hall–Kier alpha value is -2.41. The van der Waals surface area contributed by atoms with Crippen LogP contribution in [0.15, 0.2) is 30.6 Å². The molecule has 2 atom stereocenters. The highest BCUT2D eigenvalue weighted by atomic mass is 16.5. The Morgan fingerprint density at radius 3 is 2.50 bits per heavy atom. The largest absolute Gasteiger partial charge is 0.378 e. The first-order valence-electron chi connectivity index (χ1n) is 8.14. The van der Waals surface area contributed by atoms with Crippen molar-refractivity contribution in [3.8, 4) is 0 Å². The van der Waals surface area contributed by atoms with Gasteiger partial charge in [-0.05, 0) is 38.1 Å². The molecule has 0 radical (unpaired) electrons. The van der Waals surface area contributed by atoms with Crippen molar-refractivity contribution in [3.05, 3.63) is 42.0 Å². The van der Waals surface area contributed by atoms with E-state index < -0.39 is 0 Å². The van der Waals surface area contributed by atoms with E-state index in [-0.39, 0.29) is 18.1 Å². The monoisotopic (exact) mass is 329 g/mol. The second-order valence-electron chi connectivity index (χ2n) is 6.26. The number of nitrogens with one attached hydrogen (secondary N) is 1. The fourth-order valence-corrected chi connectivity index (χ4v) is 2.91. The molecule has 1 aliphatic rings. The van der Waals surface area contributed by atoms with Gasteiger partial charge >= 0.3 is 0 Å². The first-order chi connectivity index (χ1) is 11.5. The fraction of sp³-hybridized carbons (Fsp3) is 0.471. The van der Waals surface area contributed by atoms with E-state index in [9.17, 15) is 4.79 Å². The van der Waals surface area contributed by atoms with Gasteiger partial charge in [-0.3, -0.25) is 4.79 Å². The van der Waals surface area contributed by atoms with E-state index in [4.69, 9.17) is 4.74 Å². The summed E-state index contributed by atoms with van der Waals surface area (Å²) in [5.74, 6) is 0.906. The predicted molar refractivity (Wildman–Crippen MR) is 90.7 cm³/mol. The first-order valence-corrected chi connectivity index (χ1v) is 8.14. The lowest BCUT2D eigenvalue weighted by Gasteiger charge is -2.35. The number of aromatic nitrogens is 3. The zero-order valence-corrected chi connectivity index (χ0v) is 14.3. The number of carbonyl (C=O) groups excluding carboxylic acids is 1. The number of nitrogens with zero attached hydrogens (tertiary/aromatic N) is 4. The molecule has 2 heterocycles. The number of aryl methyl sites for hydroxylation is 1. The molecule has 2 aromatic rings. The maximum atomic E-state index is 12.6. The lowest BCUT2D eigenvalue weighted by atomic mass is 10.1. The average Bonchev–Trinajstić information content (AvgIpc) is 2.97. The number of amides is 1. The SMILES string of the molecule is C[C@H]1CN(C(=O)c2ccc(NCc3nncn3C)cc2)C[C@H](C)O1. The number of hydrogen-bond acceptors (Lipinski definition) is 5. The van der Waals surface area contributed by atoms with Crippen LogP contribution < -0.4 is 5.32 Å². The van der Waals surface area contributed by atoms with E-state index in [1.54, 1.807) is 6.33 Å². The molecule has 1 aliphatic heterocycles. The number of anilines is 1. The zero-order valence-electron chi connectivity index (χ0n) is 14.3. The molecule has 0 bridgehead atoms. The number of rotatable bonds is 4. The summed E-state index contributed by atoms with van der Waals surface area (Å²) >= 11 is 0. The van der Waals surface area contributed by atoms with Gasteiger partial charge < -0.3 is 19.5 Å².